The minimum Gasteiger partial charge on any atom is -0.493 e. The molecule has 0 aliphatic heterocycles. The number of hydrogen-bond acceptors (Lipinski definition) is 8. The summed E-state index contributed by atoms with van der Waals surface area (Å²) >= 11 is 0. The highest BCUT2D eigenvalue weighted by Crippen LogP contribution is 2.22. The van der Waals surface area contributed by atoms with E-state index in [1.807, 2.05) is 13.8 Å². The largest absolute Gasteiger partial charge is 0.493 e. The molecule has 1 atom stereocenters. The van der Waals surface area contributed by atoms with Gasteiger partial charge in [0.2, 0.25) is 11.8 Å². The summed E-state index contributed by atoms with van der Waals surface area (Å²) in [4.78, 5) is 36.9. The van der Waals surface area contributed by atoms with Crippen molar-refractivity contribution in [2.24, 2.45) is 11.5 Å². The number of carbonyl (C=O) groups excluding carboxylic acids is 2. The molecule has 0 saturated carbocycles. The molecule has 14 heteroatoms. The van der Waals surface area contributed by atoms with E-state index in [0.29, 0.717) is 25.7 Å². The Morgan fingerprint density at radius 2 is 1.59 bits per heavy atom. The third kappa shape index (κ3) is 8.42. The zero-order valence-corrected chi connectivity index (χ0v) is 18.2. The van der Waals surface area contributed by atoms with E-state index in [1.54, 1.807) is 0 Å². The van der Waals surface area contributed by atoms with E-state index in [-0.39, 0.29) is 11.4 Å². The van der Waals surface area contributed by atoms with Crippen molar-refractivity contribution in [1.82, 2.24) is 4.98 Å². The van der Waals surface area contributed by atoms with Crippen molar-refractivity contribution in [3.8, 4) is 5.88 Å². The van der Waals surface area contributed by atoms with Gasteiger partial charge in [-0.2, -0.15) is 13.2 Å². The van der Waals surface area contributed by atoms with Gasteiger partial charge in [0, 0.05) is 17.8 Å². The standard InChI is InChI=1S/C16H25N3O5S.C2HF3O2/c1-3-5-12(6-4-2)25(23,24)10-16(18,15(17)22)14(21)11-7-8-13(20)19-9-11;3-2(4,5)1(6)7/h7-9,12H,3-6,10,18H2,1-2H3,(H2,17,22)(H,19,20);(H,6,7)/t16-;/m1./s1. The van der Waals surface area contributed by atoms with Gasteiger partial charge in [-0.15, -0.1) is 0 Å². The number of hydrogen-bond donors (Lipinski definition) is 4. The number of amides is 1. The first kappa shape index (κ1) is 29.3. The number of nitrogens with two attached hydrogens (primary N) is 2. The van der Waals surface area contributed by atoms with E-state index in [2.05, 4.69) is 4.98 Å². The van der Waals surface area contributed by atoms with Gasteiger partial charge in [-0.25, -0.2) is 18.2 Å². The van der Waals surface area contributed by atoms with E-state index in [1.165, 1.54) is 6.07 Å². The Hall–Kier alpha value is -2.74. The van der Waals surface area contributed by atoms with Gasteiger partial charge in [-0.05, 0) is 18.9 Å². The Morgan fingerprint density at radius 1 is 1.12 bits per heavy atom. The number of rotatable bonds is 10. The molecular weight excluding hydrogens is 459 g/mol. The maximum atomic E-state index is 12.7. The number of carboxylic acid groups (broad SMARTS) is 1. The normalized spacial score (nSPS) is 13.6. The summed E-state index contributed by atoms with van der Waals surface area (Å²) in [7, 11) is -3.83. The summed E-state index contributed by atoms with van der Waals surface area (Å²) in [6.07, 6.45) is -1.94. The van der Waals surface area contributed by atoms with Crippen LogP contribution in [0.3, 0.4) is 0 Å². The van der Waals surface area contributed by atoms with Crippen molar-refractivity contribution in [3.63, 3.8) is 0 Å². The minimum absolute atomic E-state index is 0.100. The van der Waals surface area contributed by atoms with Crippen LogP contribution in [0.15, 0.2) is 18.3 Å². The molecule has 1 aromatic rings. The summed E-state index contributed by atoms with van der Waals surface area (Å²) in [5, 5.41) is 15.6. The number of aromatic hydroxyl groups is 1. The lowest BCUT2D eigenvalue weighted by molar-refractivity contribution is -0.192. The molecule has 6 N–H and O–H groups in total. The second-order valence-corrected chi connectivity index (χ2v) is 9.16. The SMILES string of the molecule is CCCC(CCC)S(=O)(=O)C[C@](N)(C(N)=O)C(=O)c1ccc(O)nc1.O=C(O)C(F)(F)F. The fourth-order valence-electron chi connectivity index (χ4n) is 2.61. The van der Waals surface area contributed by atoms with Crippen LogP contribution >= 0.6 is 0 Å². The molecule has 0 spiro atoms. The van der Waals surface area contributed by atoms with Crippen molar-refractivity contribution >= 4 is 27.5 Å². The molecule has 0 aromatic carbocycles. The molecule has 32 heavy (non-hydrogen) atoms. The lowest BCUT2D eigenvalue weighted by Crippen LogP contribution is -2.63. The molecule has 0 bridgehead atoms. The Morgan fingerprint density at radius 3 is 1.91 bits per heavy atom. The average Bonchev–Trinajstić information content (AvgIpc) is 2.67. The van der Waals surface area contributed by atoms with E-state index in [9.17, 15) is 36.3 Å². The number of halogens is 3. The van der Waals surface area contributed by atoms with Gasteiger partial charge in [0.25, 0.3) is 0 Å². The highest BCUT2D eigenvalue weighted by atomic mass is 32.2. The molecule has 1 heterocycles. The molecule has 1 amide bonds. The van der Waals surface area contributed by atoms with Crippen LogP contribution in [-0.4, -0.2) is 64.0 Å². The smallest absolute Gasteiger partial charge is 0.490 e. The quantitative estimate of drug-likeness (QED) is 0.278. The first-order chi connectivity index (χ1) is 14.5. The Balaban J connectivity index is 0.00000118. The second kappa shape index (κ2) is 11.8. The van der Waals surface area contributed by atoms with E-state index < -0.39 is 50.2 Å². The summed E-state index contributed by atoms with van der Waals surface area (Å²) in [5.74, 6) is -6.10. The summed E-state index contributed by atoms with van der Waals surface area (Å²) in [6.45, 7) is 3.71. The van der Waals surface area contributed by atoms with Gasteiger partial charge < -0.3 is 21.7 Å². The number of primary amides is 1. The van der Waals surface area contributed by atoms with Crippen LogP contribution in [0.2, 0.25) is 0 Å². The van der Waals surface area contributed by atoms with Gasteiger partial charge in [-0.3, -0.25) is 9.59 Å². The number of Topliss-reactive ketones (excluding diaryl/α,β-unsaturated/α-hetero) is 1. The number of nitrogens with zero attached hydrogens (tertiary/aromatic N) is 1. The van der Waals surface area contributed by atoms with Crippen LogP contribution in [0.1, 0.15) is 49.9 Å². The van der Waals surface area contributed by atoms with Gasteiger partial charge >= 0.3 is 12.1 Å². The molecule has 0 saturated heterocycles. The van der Waals surface area contributed by atoms with Crippen molar-refractivity contribution in [1.29, 1.82) is 0 Å². The third-order valence-electron chi connectivity index (χ3n) is 4.26. The highest BCUT2D eigenvalue weighted by molar-refractivity contribution is 7.92. The summed E-state index contributed by atoms with van der Waals surface area (Å²) in [5.41, 5.74) is 8.66. The van der Waals surface area contributed by atoms with Crippen LogP contribution in [0.25, 0.3) is 0 Å². The molecule has 0 radical (unpaired) electrons. The lowest BCUT2D eigenvalue weighted by atomic mass is 9.92. The monoisotopic (exact) mass is 485 g/mol. The van der Waals surface area contributed by atoms with Crippen molar-refractivity contribution in [2.75, 3.05) is 5.75 Å². The maximum absolute atomic E-state index is 12.7. The van der Waals surface area contributed by atoms with Crippen molar-refractivity contribution in [3.05, 3.63) is 23.9 Å². The fourth-order valence-corrected chi connectivity index (χ4v) is 4.94. The van der Waals surface area contributed by atoms with Crippen LogP contribution in [0, 0.1) is 0 Å². The zero-order valence-electron chi connectivity index (χ0n) is 17.4. The number of carboxylic acids is 1. The molecule has 0 unspecified atom stereocenters. The predicted octanol–water partition coefficient (Wildman–Crippen LogP) is 1.17. The second-order valence-electron chi connectivity index (χ2n) is 6.88. The molecule has 0 aliphatic carbocycles. The third-order valence-corrected chi connectivity index (χ3v) is 6.60. The van der Waals surface area contributed by atoms with Gasteiger partial charge in [0.1, 0.15) is 0 Å². The number of aliphatic carboxylic acids is 1. The Kier molecular flexibility index (Phi) is 10.8. The molecule has 182 valence electrons. The van der Waals surface area contributed by atoms with Crippen LogP contribution in [-0.2, 0) is 19.4 Å². The predicted molar refractivity (Wildman–Crippen MR) is 107 cm³/mol. The summed E-state index contributed by atoms with van der Waals surface area (Å²) in [6, 6.07) is 2.34. The topological polar surface area (TPSA) is 191 Å². The zero-order chi connectivity index (χ0) is 25.3. The number of alkyl halides is 3. The number of pyridine rings is 1. The van der Waals surface area contributed by atoms with Crippen LogP contribution in [0.4, 0.5) is 13.2 Å². The van der Waals surface area contributed by atoms with E-state index in [4.69, 9.17) is 21.4 Å². The number of aromatic nitrogens is 1. The molecule has 10 nitrogen and oxygen atoms in total. The first-order valence-corrected chi connectivity index (χ1v) is 11.0. The summed E-state index contributed by atoms with van der Waals surface area (Å²) < 4.78 is 57.2. The molecule has 1 rings (SSSR count). The van der Waals surface area contributed by atoms with Crippen LogP contribution < -0.4 is 11.5 Å². The van der Waals surface area contributed by atoms with E-state index >= 15 is 0 Å². The molecule has 0 aliphatic rings. The molecule has 1 aromatic heterocycles. The Labute approximate surface area is 182 Å². The van der Waals surface area contributed by atoms with Gasteiger partial charge in [-0.1, -0.05) is 26.7 Å². The maximum Gasteiger partial charge on any atom is 0.490 e. The first-order valence-electron chi connectivity index (χ1n) is 9.33. The van der Waals surface area contributed by atoms with Crippen molar-refractivity contribution < 1.29 is 46.2 Å². The number of carbonyl (C=O) groups is 3. The number of sulfone groups is 1. The van der Waals surface area contributed by atoms with E-state index in [0.717, 1.165) is 12.3 Å². The molecule has 0 fully saturated rings. The van der Waals surface area contributed by atoms with Gasteiger partial charge in [0.15, 0.2) is 21.2 Å². The average molecular weight is 485 g/mol. The highest BCUT2D eigenvalue weighted by Gasteiger charge is 2.46. The minimum atomic E-state index is -5.08. The fraction of sp³-hybridized carbons (Fsp3) is 0.556. The molecular formula is C18H26F3N3O7S. The number of ketones is 1. The van der Waals surface area contributed by atoms with Crippen LogP contribution in [0.5, 0.6) is 5.88 Å². The van der Waals surface area contributed by atoms with Crippen molar-refractivity contribution in [2.45, 2.75) is 56.5 Å². The Bertz CT molecular complexity index is 899. The lowest BCUT2D eigenvalue weighted by Gasteiger charge is -2.27. The van der Waals surface area contributed by atoms with Gasteiger partial charge in [0.05, 0.1) is 11.0 Å².